The number of carbonyl (C=O) groups excluding carboxylic acids is 2. The van der Waals surface area contributed by atoms with Crippen LogP contribution in [0.2, 0.25) is 0 Å². The summed E-state index contributed by atoms with van der Waals surface area (Å²) in [6.45, 7) is 6.24. The van der Waals surface area contributed by atoms with Crippen LogP contribution in [0.15, 0.2) is 41.8 Å². The third-order valence-electron chi connectivity index (χ3n) is 7.45. The number of fused-ring (bicyclic) bond motifs is 1. The zero-order valence-corrected chi connectivity index (χ0v) is 21.7. The highest BCUT2D eigenvalue weighted by molar-refractivity contribution is 7.13. The zero-order valence-electron chi connectivity index (χ0n) is 20.8. The Morgan fingerprint density at radius 3 is 2.51 bits per heavy atom. The number of anilines is 1. The highest BCUT2D eigenvalue weighted by Crippen LogP contribution is 2.37. The summed E-state index contributed by atoms with van der Waals surface area (Å²) in [6.07, 6.45) is 7.98. The number of hydrogen-bond acceptors (Lipinski definition) is 4. The van der Waals surface area contributed by atoms with Crippen molar-refractivity contribution >= 4 is 28.8 Å². The van der Waals surface area contributed by atoms with Crippen molar-refractivity contribution in [3.8, 4) is 10.6 Å². The Hall–Kier alpha value is -2.93. The molecule has 1 N–H and O–H groups in total. The van der Waals surface area contributed by atoms with Crippen LogP contribution in [-0.4, -0.2) is 33.2 Å². The normalized spacial score (nSPS) is 21.3. The van der Waals surface area contributed by atoms with Crippen LogP contribution in [0, 0.1) is 13.8 Å². The van der Waals surface area contributed by atoms with Gasteiger partial charge in [0.25, 0.3) is 5.91 Å². The van der Waals surface area contributed by atoms with Gasteiger partial charge in [0.05, 0.1) is 11.4 Å². The molecule has 1 aliphatic carbocycles. The first-order valence-electron chi connectivity index (χ1n) is 12.7. The van der Waals surface area contributed by atoms with Crippen molar-refractivity contribution < 1.29 is 9.59 Å². The molecule has 1 aliphatic heterocycles. The van der Waals surface area contributed by atoms with Gasteiger partial charge in [-0.3, -0.25) is 19.2 Å². The van der Waals surface area contributed by atoms with Crippen LogP contribution in [0.3, 0.4) is 0 Å². The number of thiophene rings is 1. The summed E-state index contributed by atoms with van der Waals surface area (Å²) in [5.41, 5.74) is 3.08. The van der Waals surface area contributed by atoms with Crippen molar-refractivity contribution in [2.45, 2.75) is 83.8 Å². The first-order valence-corrected chi connectivity index (χ1v) is 13.6. The highest BCUT2D eigenvalue weighted by atomic mass is 32.1. The lowest BCUT2D eigenvalue weighted by molar-refractivity contribution is -0.127. The Kier molecular flexibility index (Phi) is 6.53. The molecule has 0 radical (unpaired) electrons. The lowest BCUT2D eigenvalue weighted by atomic mass is 9.91. The maximum Gasteiger partial charge on any atom is 0.277 e. The minimum atomic E-state index is -1.09. The molecule has 35 heavy (non-hydrogen) atoms. The summed E-state index contributed by atoms with van der Waals surface area (Å²) in [5.74, 6) is -0.288. The second-order valence-electron chi connectivity index (χ2n) is 10.3. The van der Waals surface area contributed by atoms with E-state index in [-0.39, 0.29) is 17.9 Å². The Bertz CT molecular complexity index is 1220. The van der Waals surface area contributed by atoms with Crippen molar-refractivity contribution in [1.29, 1.82) is 0 Å². The SMILES string of the molecule is Cc1ccc(N2C(=O)c3cc(-c4cccs4)nn3CC2(C)C(=O)NC2CCCCCCC2)c(C)c1. The Morgan fingerprint density at radius 2 is 1.83 bits per heavy atom. The second-order valence-corrected chi connectivity index (χ2v) is 11.2. The van der Waals surface area contributed by atoms with Gasteiger partial charge in [-0.1, -0.05) is 55.9 Å². The topological polar surface area (TPSA) is 67.2 Å². The summed E-state index contributed by atoms with van der Waals surface area (Å²) < 4.78 is 1.73. The molecule has 1 atom stereocenters. The number of aryl methyl sites for hydroxylation is 2. The molecule has 0 saturated heterocycles. The van der Waals surface area contributed by atoms with Gasteiger partial charge < -0.3 is 5.32 Å². The molecule has 2 aromatic heterocycles. The third kappa shape index (κ3) is 4.54. The number of benzene rings is 1. The van der Waals surface area contributed by atoms with E-state index in [0.29, 0.717) is 12.2 Å². The van der Waals surface area contributed by atoms with E-state index in [0.717, 1.165) is 53.1 Å². The van der Waals surface area contributed by atoms with Crippen molar-refractivity contribution in [3.05, 3.63) is 58.6 Å². The van der Waals surface area contributed by atoms with E-state index in [1.165, 1.54) is 19.3 Å². The fraction of sp³-hybridized carbons (Fsp3) is 0.464. The van der Waals surface area contributed by atoms with Gasteiger partial charge in [0.2, 0.25) is 5.91 Å². The van der Waals surface area contributed by atoms with Gasteiger partial charge in [0.15, 0.2) is 0 Å². The molecule has 1 saturated carbocycles. The molecule has 3 aromatic rings. The molecule has 2 aliphatic rings. The summed E-state index contributed by atoms with van der Waals surface area (Å²) in [5, 5.41) is 10.1. The van der Waals surface area contributed by atoms with Crippen LogP contribution in [0.1, 0.15) is 73.5 Å². The molecule has 2 amide bonds. The molecule has 3 heterocycles. The first kappa shape index (κ1) is 23.8. The van der Waals surface area contributed by atoms with Crippen LogP contribution in [0.4, 0.5) is 5.69 Å². The van der Waals surface area contributed by atoms with E-state index in [1.54, 1.807) is 20.9 Å². The molecule has 0 bridgehead atoms. The molecule has 1 unspecified atom stereocenters. The van der Waals surface area contributed by atoms with Crippen LogP contribution in [0.5, 0.6) is 0 Å². The second kappa shape index (κ2) is 9.61. The maximum atomic E-state index is 14.0. The van der Waals surface area contributed by atoms with Gasteiger partial charge in [-0.05, 0) is 62.8 Å². The lowest BCUT2D eigenvalue weighted by Crippen LogP contribution is -2.65. The smallest absolute Gasteiger partial charge is 0.277 e. The predicted octanol–water partition coefficient (Wildman–Crippen LogP) is 5.88. The van der Waals surface area contributed by atoms with E-state index in [9.17, 15) is 9.59 Å². The van der Waals surface area contributed by atoms with Gasteiger partial charge >= 0.3 is 0 Å². The van der Waals surface area contributed by atoms with Crippen molar-refractivity contribution in [1.82, 2.24) is 15.1 Å². The third-order valence-corrected chi connectivity index (χ3v) is 8.34. The predicted molar refractivity (Wildman–Crippen MR) is 141 cm³/mol. The Morgan fingerprint density at radius 1 is 1.09 bits per heavy atom. The number of nitrogens with one attached hydrogen (secondary N) is 1. The van der Waals surface area contributed by atoms with E-state index in [2.05, 4.69) is 11.4 Å². The average molecular weight is 491 g/mol. The van der Waals surface area contributed by atoms with E-state index in [4.69, 9.17) is 5.10 Å². The van der Waals surface area contributed by atoms with Crippen LogP contribution >= 0.6 is 11.3 Å². The van der Waals surface area contributed by atoms with E-state index < -0.39 is 5.54 Å². The van der Waals surface area contributed by atoms with E-state index in [1.807, 2.05) is 56.5 Å². The van der Waals surface area contributed by atoms with Crippen LogP contribution in [0.25, 0.3) is 10.6 Å². The fourth-order valence-electron chi connectivity index (χ4n) is 5.50. The largest absolute Gasteiger partial charge is 0.351 e. The minimum Gasteiger partial charge on any atom is -0.351 e. The van der Waals surface area contributed by atoms with Crippen LogP contribution < -0.4 is 10.2 Å². The number of hydrogen-bond donors (Lipinski definition) is 1. The standard InChI is InChI=1S/C28H34N4O2S/c1-19-13-14-23(20(2)16-19)32-26(33)24-17-22(25-12-9-15-35-25)30-31(24)18-28(32,3)27(34)29-21-10-7-5-4-6-8-11-21/h9,12-17,21H,4-8,10-11,18H2,1-3H3,(H,29,34). The summed E-state index contributed by atoms with van der Waals surface area (Å²) in [6, 6.07) is 12.0. The number of nitrogens with zero attached hydrogens (tertiary/aromatic N) is 3. The highest BCUT2D eigenvalue weighted by Gasteiger charge is 2.49. The molecular weight excluding hydrogens is 456 g/mol. The summed E-state index contributed by atoms with van der Waals surface area (Å²) in [4.78, 5) is 30.8. The number of carbonyl (C=O) groups is 2. The number of amides is 2. The average Bonchev–Trinajstić information content (AvgIpc) is 3.47. The number of rotatable bonds is 4. The fourth-order valence-corrected chi connectivity index (χ4v) is 6.18. The maximum absolute atomic E-state index is 14.0. The minimum absolute atomic E-state index is 0.102. The molecule has 1 aromatic carbocycles. The molecule has 184 valence electrons. The lowest BCUT2D eigenvalue weighted by Gasteiger charge is -2.44. The quantitative estimate of drug-likeness (QED) is 0.497. The summed E-state index contributed by atoms with van der Waals surface area (Å²) >= 11 is 1.60. The molecule has 0 spiro atoms. The van der Waals surface area contributed by atoms with Crippen molar-refractivity contribution in [3.63, 3.8) is 0 Å². The van der Waals surface area contributed by atoms with Crippen molar-refractivity contribution in [2.24, 2.45) is 0 Å². The van der Waals surface area contributed by atoms with Gasteiger partial charge in [-0.15, -0.1) is 11.3 Å². The molecular formula is C28H34N4O2S. The van der Waals surface area contributed by atoms with E-state index >= 15 is 0 Å². The Labute approximate surface area is 211 Å². The van der Waals surface area contributed by atoms with Gasteiger partial charge in [0, 0.05) is 11.7 Å². The van der Waals surface area contributed by atoms with Gasteiger partial charge in [-0.25, -0.2) is 0 Å². The molecule has 5 rings (SSSR count). The zero-order chi connectivity index (χ0) is 24.6. The molecule has 6 nitrogen and oxygen atoms in total. The molecule has 1 fully saturated rings. The summed E-state index contributed by atoms with van der Waals surface area (Å²) in [7, 11) is 0. The Balaban J connectivity index is 1.55. The number of aromatic nitrogens is 2. The van der Waals surface area contributed by atoms with Gasteiger partial charge in [-0.2, -0.15) is 5.10 Å². The first-order chi connectivity index (χ1) is 16.9. The van der Waals surface area contributed by atoms with Crippen molar-refractivity contribution in [2.75, 3.05) is 4.90 Å². The monoisotopic (exact) mass is 490 g/mol. The molecule has 7 heteroatoms. The van der Waals surface area contributed by atoms with Crippen LogP contribution in [-0.2, 0) is 11.3 Å². The van der Waals surface area contributed by atoms with Gasteiger partial charge in [0.1, 0.15) is 16.9 Å².